The first-order valence-electron chi connectivity index (χ1n) is 10.8. The summed E-state index contributed by atoms with van der Waals surface area (Å²) < 4.78 is 0. The number of nitrogens with one attached hydrogen (secondary N) is 5. The van der Waals surface area contributed by atoms with Crippen LogP contribution in [0, 0.1) is 0 Å². The van der Waals surface area contributed by atoms with Crippen molar-refractivity contribution in [2.24, 2.45) is 5.73 Å². The molecule has 34 heavy (non-hydrogen) atoms. The molecule has 1 aliphatic rings. The van der Waals surface area contributed by atoms with Crippen molar-refractivity contribution < 1.29 is 29.1 Å². The second kappa shape index (κ2) is 13.5. The number of carbonyl (C=O) groups excluding carboxylic acids is 4. The van der Waals surface area contributed by atoms with Crippen molar-refractivity contribution in [3.63, 3.8) is 0 Å². The number of imidazole rings is 1. The van der Waals surface area contributed by atoms with E-state index in [4.69, 9.17) is 5.73 Å². The number of carboxylic acid groups (broad SMARTS) is 1. The molecule has 0 spiro atoms. The van der Waals surface area contributed by atoms with Gasteiger partial charge < -0.3 is 37.1 Å². The van der Waals surface area contributed by atoms with E-state index in [1.165, 1.54) is 24.3 Å². The zero-order valence-electron chi connectivity index (χ0n) is 18.8. The van der Waals surface area contributed by atoms with Gasteiger partial charge in [0.2, 0.25) is 23.6 Å². The highest BCUT2D eigenvalue weighted by atomic mass is 32.2. The van der Waals surface area contributed by atoms with Gasteiger partial charge in [-0.25, -0.2) is 9.78 Å². The van der Waals surface area contributed by atoms with Gasteiger partial charge in [0.1, 0.15) is 18.1 Å². The van der Waals surface area contributed by atoms with Crippen LogP contribution in [0.1, 0.15) is 31.4 Å². The van der Waals surface area contributed by atoms with E-state index < -0.39 is 54.3 Å². The number of carbonyl (C=O) groups is 5. The third-order valence-corrected chi connectivity index (χ3v) is 5.90. The summed E-state index contributed by atoms with van der Waals surface area (Å²) in [6, 6.07) is -4.08. The van der Waals surface area contributed by atoms with Crippen molar-refractivity contribution in [3.8, 4) is 0 Å². The van der Waals surface area contributed by atoms with E-state index in [0.717, 1.165) is 6.42 Å². The van der Waals surface area contributed by atoms with Crippen LogP contribution in [0.25, 0.3) is 0 Å². The van der Waals surface area contributed by atoms with Gasteiger partial charge in [-0.3, -0.25) is 19.2 Å². The van der Waals surface area contributed by atoms with Crippen LogP contribution < -0.4 is 27.0 Å². The van der Waals surface area contributed by atoms with Gasteiger partial charge in [0, 0.05) is 18.3 Å². The molecule has 2 rings (SSSR count). The molecule has 0 radical (unpaired) electrons. The van der Waals surface area contributed by atoms with Crippen LogP contribution in [0.2, 0.25) is 0 Å². The minimum absolute atomic E-state index is 0.0842. The highest BCUT2D eigenvalue weighted by molar-refractivity contribution is 7.98. The number of aliphatic carboxylic acids is 1. The molecule has 1 fully saturated rings. The molecular weight excluding hydrogens is 466 g/mol. The van der Waals surface area contributed by atoms with Crippen LogP contribution in [0.5, 0.6) is 0 Å². The molecule has 2 heterocycles. The van der Waals surface area contributed by atoms with Crippen molar-refractivity contribution in [2.75, 3.05) is 18.6 Å². The number of carboxylic acids is 1. The standard InChI is InChI=1S/C20H31N7O6S/c1-34-6-4-13(25-17(29)12-3-2-5-23-12)18(30)26-14(8-16(21)28)19(31)27-15(20(32)33)7-11-9-22-10-24-11/h9-10,12-15,23H,2-8H2,1H3,(H2,21,28)(H,22,24)(H,25,29)(H,26,30)(H,27,31)(H,32,33). The Kier molecular flexibility index (Phi) is 10.8. The summed E-state index contributed by atoms with van der Waals surface area (Å²) >= 11 is 1.48. The van der Waals surface area contributed by atoms with Gasteiger partial charge >= 0.3 is 5.97 Å². The smallest absolute Gasteiger partial charge is 0.326 e. The Morgan fingerprint density at radius 1 is 1.18 bits per heavy atom. The minimum Gasteiger partial charge on any atom is -0.480 e. The Morgan fingerprint density at radius 2 is 1.88 bits per heavy atom. The predicted molar refractivity (Wildman–Crippen MR) is 124 cm³/mol. The number of H-pyrrole nitrogens is 1. The van der Waals surface area contributed by atoms with Crippen molar-refractivity contribution in [3.05, 3.63) is 18.2 Å². The first kappa shape index (κ1) is 27.1. The molecule has 0 aromatic carbocycles. The number of aromatic amines is 1. The van der Waals surface area contributed by atoms with Crippen LogP contribution in [0.3, 0.4) is 0 Å². The summed E-state index contributed by atoms with van der Waals surface area (Å²) in [5, 5.41) is 20.0. The van der Waals surface area contributed by atoms with E-state index in [0.29, 0.717) is 30.8 Å². The molecule has 8 N–H and O–H groups in total. The predicted octanol–water partition coefficient (Wildman–Crippen LogP) is -2.13. The molecule has 1 aliphatic heterocycles. The lowest BCUT2D eigenvalue weighted by Crippen LogP contribution is -2.58. The lowest BCUT2D eigenvalue weighted by Gasteiger charge is -2.24. The molecule has 1 aromatic rings. The number of hydrogen-bond acceptors (Lipinski definition) is 8. The highest BCUT2D eigenvalue weighted by Gasteiger charge is 2.32. The minimum atomic E-state index is -1.41. The van der Waals surface area contributed by atoms with Crippen molar-refractivity contribution in [2.45, 2.75) is 56.3 Å². The van der Waals surface area contributed by atoms with Gasteiger partial charge in [-0.05, 0) is 37.8 Å². The van der Waals surface area contributed by atoms with Gasteiger partial charge in [0.15, 0.2) is 0 Å². The van der Waals surface area contributed by atoms with Crippen LogP contribution in [0.4, 0.5) is 0 Å². The van der Waals surface area contributed by atoms with Crippen molar-refractivity contribution in [1.29, 1.82) is 0 Å². The van der Waals surface area contributed by atoms with E-state index in [1.807, 2.05) is 6.26 Å². The first-order chi connectivity index (χ1) is 16.2. The van der Waals surface area contributed by atoms with Gasteiger partial charge in [0.25, 0.3) is 0 Å². The van der Waals surface area contributed by atoms with E-state index in [-0.39, 0.29) is 12.3 Å². The molecular formula is C20H31N7O6S. The molecule has 0 saturated carbocycles. The zero-order chi connectivity index (χ0) is 25.1. The number of nitrogens with zero attached hydrogens (tertiary/aromatic N) is 1. The van der Waals surface area contributed by atoms with Crippen LogP contribution in [-0.4, -0.2) is 87.4 Å². The summed E-state index contributed by atoms with van der Waals surface area (Å²) in [5.41, 5.74) is 5.72. The summed E-state index contributed by atoms with van der Waals surface area (Å²) in [4.78, 5) is 68.0. The zero-order valence-corrected chi connectivity index (χ0v) is 19.7. The molecule has 1 aromatic heterocycles. The van der Waals surface area contributed by atoms with Crippen LogP contribution in [-0.2, 0) is 30.4 Å². The topological polar surface area (TPSA) is 208 Å². The number of amides is 4. The summed E-state index contributed by atoms with van der Waals surface area (Å²) in [5.74, 6) is -3.47. The van der Waals surface area contributed by atoms with Crippen molar-refractivity contribution in [1.82, 2.24) is 31.2 Å². The fraction of sp³-hybridized carbons (Fsp3) is 0.600. The average Bonchev–Trinajstić information content (AvgIpc) is 3.49. The number of thioether (sulfide) groups is 1. The molecule has 0 aliphatic carbocycles. The molecule has 188 valence electrons. The van der Waals surface area contributed by atoms with Crippen molar-refractivity contribution >= 4 is 41.4 Å². The van der Waals surface area contributed by atoms with E-state index in [9.17, 15) is 29.1 Å². The molecule has 13 nitrogen and oxygen atoms in total. The van der Waals surface area contributed by atoms with Gasteiger partial charge in [0.05, 0.1) is 18.8 Å². The Hall–Kier alpha value is -3.13. The average molecular weight is 498 g/mol. The van der Waals surface area contributed by atoms with Crippen LogP contribution >= 0.6 is 11.8 Å². The molecule has 0 bridgehead atoms. The maximum Gasteiger partial charge on any atom is 0.326 e. The van der Waals surface area contributed by atoms with Gasteiger partial charge in [-0.1, -0.05) is 0 Å². The Morgan fingerprint density at radius 3 is 2.44 bits per heavy atom. The summed E-state index contributed by atoms with van der Waals surface area (Å²) in [6.45, 7) is 0.712. The quantitative estimate of drug-likeness (QED) is 0.149. The lowest BCUT2D eigenvalue weighted by molar-refractivity contribution is -0.142. The van der Waals surface area contributed by atoms with Crippen LogP contribution in [0.15, 0.2) is 12.5 Å². The molecule has 4 atom stereocenters. The second-order valence-electron chi connectivity index (χ2n) is 7.90. The fourth-order valence-electron chi connectivity index (χ4n) is 3.46. The number of rotatable bonds is 14. The third-order valence-electron chi connectivity index (χ3n) is 5.25. The molecule has 4 amide bonds. The SMILES string of the molecule is CSCCC(NC(=O)C1CCCN1)C(=O)NC(CC(N)=O)C(=O)NC(Cc1cnc[nH]1)C(=O)O. The maximum absolute atomic E-state index is 13.0. The number of nitrogens with two attached hydrogens (primary N) is 1. The van der Waals surface area contributed by atoms with E-state index >= 15 is 0 Å². The van der Waals surface area contributed by atoms with Gasteiger partial charge in [-0.15, -0.1) is 0 Å². The first-order valence-corrected chi connectivity index (χ1v) is 12.2. The summed E-state index contributed by atoms with van der Waals surface area (Å²) in [6.07, 6.45) is 5.82. The summed E-state index contributed by atoms with van der Waals surface area (Å²) in [7, 11) is 0. The number of primary amides is 1. The third kappa shape index (κ3) is 8.67. The van der Waals surface area contributed by atoms with Gasteiger partial charge in [-0.2, -0.15) is 11.8 Å². The fourth-order valence-corrected chi connectivity index (χ4v) is 3.93. The lowest BCUT2D eigenvalue weighted by atomic mass is 10.1. The largest absolute Gasteiger partial charge is 0.480 e. The van der Waals surface area contributed by atoms with E-state index in [2.05, 4.69) is 31.2 Å². The normalized spacial score (nSPS) is 17.9. The monoisotopic (exact) mass is 497 g/mol. The Bertz CT molecular complexity index is 860. The molecule has 1 saturated heterocycles. The maximum atomic E-state index is 13.0. The number of aromatic nitrogens is 2. The highest BCUT2D eigenvalue weighted by Crippen LogP contribution is 2.08. The second-order valence-corrected chi connectivity index (χ2v) is 8.89. The molecule has 14 heteroatoms. The Balaban J connectivity index is 2.08. The van der Waals surface area contributed by atoms with E-state index in [1.54, 1.807) is 0 Å². The number of hydrogen-bond donors (Lipinski definition) is 7. The molecule has 4 unspecified atom stereocenters. The Labute approximate surface area is 200 Å².